The Bertz CT molecular complexity index is 209. The van der Waals surface area contributed by atoms with E-state index in [0.29, 0.717) is 6.42 Å². The summed E-state index contributed by atoms with van der Waals surface area (Å²) in [4.78, 5) is 13.2. The highest BCUT2D eigenvalue weighted by atomic mass is 16.4. The number of rotatable bonds is 6. The van der Waals surface area contributed by atoms with Gasteiger partial charge in [0.15, 0.2) is 0 Å². The number of carboxylic acid groups (broad SMARTS) is 1. The third kappa shape index (κ3) is 3.80. The molecule has 15 heavy (non-hydrogen) atoms. The predicted octanol–water partition coefficient (Wildman–Crippen LogP) is 0.781. The molecule has 1 rings (SSSR count). The number of likely N-dealkylation sites (N-methyl/N-ethyl adjacent to an activating group) is 1. The summed E-state index contributed by atoms with van der Waals surface area (Å²) < 4.78 is 0. The fraction of sp³-hybridized carbons (Fsp3) is 0.909. The summed E-state index contributed by atoms with van der Waals surface area (Å²) in [7, 11) is 1.71. The topological polar surface area (TPSA) is 52.6 Å². The number of aliphatic carboxylic acids is 1. The second-order valence-electron chi connectivity index (χ2n) is 4.33. The van der Waals surface area contributed by atoms with Crippen LogP contribution >= 0.6 is 0 Å². The normalized spacial score (nSPS) is 24.3. The van der Waals surface area contributed by atoms with Gasteiger partial charge in [0.05, 0.1) is 0 Å². The molecule has 1 heterocycles. The molecule has 0 aromatic carbocycles. The molecule has 0 spiro atoms. The molecule has 0 bridgehead atoms. The van der Waals surface area contributed by atoms with Crippen LogP contribution in [0.3, 0.4) is 0 Å². The maximum Gasteiger partial charge on any atom is 0.320 e. The van der Waals surface area contributed by atoms with Crippen molar-refractivity contribution in [2.24, 2.45) is 5.92 Å². The third-order valence-corrected chi connectivity index (χ3v) is 3.33. The second kappa shape index (κ2) is 6.08. The zero-order valence-corrected chi connectivity index (χ0v) is 9.70. The average molecular weight is 214 g/mol. The minimum atomic E-state index is -0.747. The first-order valence-corrected chi connectivity index (χ1v) is 5.79. The molecule has 0 saturated carbocycles. The van der Waals surface area contributed by atoms with E-state index in [1.165, 1.54) is 12.8 Å². The van der Waals surface area contributed by atoms with Gasteiger partial charge in [-0.25, -0.2) is 0 Å². The van der Waals surface area contributed by atoms with Gasteiger partial charge in [0.1, 0.15) is 6.04 Å². The lowest BCUT2D eigenvalue weighted by Crippen LogP contribution is -2.37. The molecule has 0 radical (unpaired) electrons. The van der Waals surface area contributed by atoms with E-state index in [1.807, 2.05) is 0 Å². The summed E-state index contributed by atoms with van der Waals surface area (Å²) in [6.07, 6.45) is 3.21. The highest BCUT2D eigenvalue weighted by Gasteiger charge is 2.22. The molecule has 0 aromatic heterocycles. The predicted molar refractivity (Wildman–Crippen MR) is 59.9 cm³/mol. The zero-order chi connectivity index (χ0) is 11.3. The van der Waals surface area contributed by atoms with Gasteiger partial charge in [-0.1, -0.05) is 13.3 Å². The Balaban J connectivity index is 2.22. The Kier molecular flexibility index (Phi) is 5.05. The molecular weight excluding hydrogens is 192 g/mol. The molecular formula is C11H22N2O2. The number of nitrogens with one attached hydrogen (secondary N) is 1. The number of hydrogen-bond acceptors (Lipinski definition) is 3. The summed E-state index contributed by atoms with van der Waals surface area (Å²) in [5, 5.41) is 11.7. The van der Waals surface area contributed by atoms with Crippen LogP contribution in [0.1, 0.15) is 26.2 Å². The molecule has 1 aliphatic rings. The van der Waals surface area contributed by atoms with Crippen LogP contribution < -0.4 is 5.32 Å². The summed E-state index contributed by atoms with van der Waals surface area (Å²) in [5.41, 5.74) is 0. The highest BCUT2D eigenvalue weighted by molar-refractivity contribution is 5.73. The lowest BCUT2D eigenvalue weighted by Gasteiger charge is -2.18. The zero-order valence-electron chi connectivity index (χ0n) is 9.70. The highest BCUT2D eigenvalue weighted by Crippen LogP contribution is 2.19. The molecule has 0 aliphatic carbocycles. The van der Waals surface area contributed by atoms with Crippen LogP contribution in [0.5, 0.6) is 0 Å². The minimum Gasteiger partial charge on any atom is -0.480 e. The molecule has 0 amide bonds. The number of carbonyl (C=O) groups is 1. The van der Waals surface area contributed by atoms with Gasteiger partial charge >= 0.3 is 5.97 Å². The molecule has 4 heteroatoms. The Morgan fingerprint density at radius 1 is 1.67 bits per heavy atom. The number of carboxylic acids is 1. The minimum absolute atomic E-state index is 0.398. The van der Waals surface area contributed by atoms with Crippen molar-refractivity contribution in [2.75, 3.05) is 26.7 Å². The van der Waals surface area contributed by atoms with Crippen LogP contribution in [-0.2, 0) is 4.79 Å². The van der Waals surface area contributed by atoms with E-state index in [9.17, 15) is 4.79 Å². The number of hydrogen-bond donors (Lipinski definition) is 2. The Morgan fingerprint density at radius 3 is 2.87 bits per heavy atom. The van der Waals surface area contributed by atoms with Gasteiger partial charge in [-0.2, -0.15) is 0 Å². The van der Waals surface area contributed by atoms with Gasteiger partial charge in [0, 0.05) is 13.1 Å². The Hall–Kier alpha value is -0.610. The van der Waals surface area contributed by atoms with Crippen LogP contribution in [-0.4, -0.2) is 48.7 Å². The second-order valence-corrected chi connectivity index (χ2v) is 4.33. The molecule has 1 saturated heterocycles. The third-order valence-electron chi connectivity index (χ3n) is 3.33. The smallest absolute Gasteiger partial charge is 0.320 e. The van der Waals surface area contributed by atoms with Gasteiger partial charge in [0.25, 0.3) is 0 Å². The molecule has 1 fully saturated rings. The van der Waals surface area contributed by atoms with Gasteiger partial charge in [-0.15, -0.1) is 0 Å². The van der Waals surface area contributed by atoms with E-state index >= 15 is 0 Å². The standard InChI is InChI=1S/C11H22N2O2/c1-3-9-4-6-13(8-9)7-5-10(12-2)11(14)15/h9-10,12H,3-8H2,1-2H3,(H,14,15). The van der Waals surface area contributed by atoms with Crippen LogP contribution in [0, 0.1) is 5.92 Å². The van der Waals surface area contributed by atoms with Crippen molar-refractivity contribution < 1.29 is 9.90 Å². The summed E-state index contributed by atoms with van der Waals surface area (Å²) in [5.74, 6) is 0.0756. The Labute approximate surface area is 91.6 Å². The molecule has 2 N–H and O–H groups in total. The first-order valence-electron chi connectivity index (χ1n) is 5.79. The van der Waals surface area contributed by atoms with Gasteiger partial charge in [-0.3, -0.25) is 4.79 Å². The maximum atomic E-state index is 10.8. The van der Waals surface area contributed by atoms with Crippen molar-refractivity contribution in [1.82, 2.24) is 10.2 Å². The summed E-state index contributed by atoms with van der Waals surface area (Å²) in [6.45, 7) is 5.40. The first-order chi connectivity index (χ1) is 7.17. The summed E-state index contributed by atoms with van der Waals surface area (Å²) in [6, 6.07) is -0.398. The van der Waals surface area contributed by atoms with E-state index in [4.69, 9.17) is 5.11 Å². The van der Waals surface area contributed by atoms with Crippen LogP contribution in [0.4, 0.5) is 0 Å². The van der Waals surface area contributed by atoms with Gasteiger partial charge in [0.2, 0.25) is 0 Å². The van der Waals surface area contributed by atoms with Crippen molar-refractivity contribution in [3.05, 3.63) is 0 Å². The lowest BCUT2D eigenvalue weighted by atomic mass is 10.1. The van der Waals surface area contributed by atoms with Crippen molar-refractivity contribution in [1.29, 1.82) is 0 Å². The van der Waals surface area contributed by atoms with E-state index in [1.54, 1.807) is 7.05 Å². The van der Waals surface area contributed by atoms with Crippen molar-refractivity contribution in [3.8, 4) is 0 Å². The monoisotopic (exact) mass is 214 g/mol. The molecule has 2 atom stereocenters. The SMILES string of the molecule is CCC1CCN(CCC(NC)C(=O)O)C1. The largest absolute Gasteiger partial charge is 0.480 e. The van der Waals surface area contributed by atoms with Crippen LogP contribution in [0.25, 0.3) is 0 Å². The fourth-order valence-corrected chi connectivity index (χ4v) is 2.15. The summed E-state index contributed by atoms with van der Waals surface area (Å²) >= 11 is 0. The molecule has 88 valence electrons. The van der Waals surface area contributed by atoms with Crippen LogP contribution in [0.15, 0.2) is 0 Å². The number of likely N-dealkylation sites (tertiary alicyclic amines) is 1. The molecule has 1 aliphatic heterocycles. The van der Waals surface area contributed by atoms with E-state index in [2.05, 4.69) is 17.1 Å². The molecule has 0 aromatic rings. The van der Waals surface area contributed by atoms with Crippen molar-refractivity contribution >= 4 is 5.97 Å². The van der Waals surface area contributed by atoms with E-state index in [0.717, 1.165) is 25.6 Å². The van der Waals surface area contributed by atoms with Gasteiger partial charge in [-0.05, 0) is 32.4 Å². The van der Waals surface area contributed by atoms with Crippen molar-refractivity contribution in [3.63, 3.8) is 0 Å². The lowest BCUT2D eigenvalue weighted by molar-refractivity contribution is -0.139. The van der Waals surface area contributed by atoms with E-state index < -0.39 is 12.0 Å². The Morgan fingerprint density at radius 2 is 2.40 bits per heavy atom. The quantitative estimate of drug-likeness (QED) is 0.686. The maximum absolute atomic E-state index is 10.8. The van der Waals surface area contributed by atoms with Crippen LogP contribution in [0.2, 0.25) is 0 Å². The van der Waals surface area contributed by atoms with Gasteiger partial charge < -0.3 is 15.3 Å². The van der Waals surface area contributed by atoms with E-state index in [-0.39, 0.29) is 0 Å². The number of nitrogens with zero attached hydrogens (tertiary/aromatic N) is 1. The molecule has 2 unspecified atom stereocenters. The average Bonchev–Trinajstić information content (AvgIpc) is 2.66. The fourth-order valence-electron chi connectivity index (χ4n) is 2.15. The van der Waals surface area contributed by atoms with Crippen molar-refractivity contribution in [2.45, 2.75) is 32.2 Å². The first kappa shape index (κ1) is 12.5. The molecule has 4 nitrogen and oxygen atoms in total.